The fourth-order valence-corrected chi connectivity index (χ4v) is 1.95. The van der Waals surface area contributed by atoms with Crippen LogP contribution < -0.4 is 27.4 Å². The number of carbonyl (C=O) groups excluding carboxylic acids is 2. The number of hydrazine groups is 2. The zero-order valence-corrected chi connectivity index (χ0v) is 13.9. The number of nitrogens with zero attached hydrogens (tertiary/aromatic N) is 4. The van der Waals surface area contributed by atoms with Crippen molar-refractivity contribution in [3.63, 3.8) is 0 Å². The Balaban J connectivity index is 1.62. The van der Waals surface area contributed by atoms with Gasteiger partial charge in [0.05, 0.1) is 0 Å². The Morgan fingerprint density at radius 3 is 1.63 bits per heavy atom. The van der Waals surface area contributed by atoms with E-state index in [2.05, 4.69) is 41.6 Å². The average molecular weight is 365 g/mol. The minimum atomic E-state index is -0.466. The van der Waals surface area contributed by atoms with Gasteiger partial charge in [-0.05, 0) is 24.3 Å². The molecule has 0 saturated carbocycles. The first-order valence-corrected chi connectivity index (χ1v) is 7.70. The summed E-state index contributed by atoms with van der Waals surface area (Å²) in [5.41, 5.74) is 16.5. The van der Waals surface area contributed by atoms with Crippen LogP contribution >= 0.6 is 0 Å². The second-order valence-electron chi connectivity index (χ2n) is 5.07. The van der Waals surface area contributed by atoms with Crippen molar-refractivity contribution in [2.45, 2.75) is 0 Å². The van der Waals surface area contributed by atoms with Gasteiger partial charge in [-0.1, -0.05) is 12.1 Å². The fourth-order valence-electron chi connectivity index (χ4n) is 1.95. The average Bonchev–Trinajstić information content (AvgIpc) is 2.73. The second kappa shape index (κ2) is 8.20. The lowest BCUT2D eigenvalue weighted by Crippen LogP contribution is -2.32. The highest BCUT2D eigenvalue weighted by Gasteiger charge is 2.12. The monoisotopic (exact) mass is 365 g/mol. The maximum absolute atomic E-state index is 12.0. The Morgan fingerprint density at radius 1 is 0.741 bits per heavy atom. The predicted octanol–water partition coefficient (Wildman–Crippen LogP) is 0.363. The number of hydrogen-bond donors (Lipinski definition) is 5. The molecule has 2 amide bonds. The van der Waals surface area contributed by atoms with Gasteiger partial charge in [0.15, 0.2) is 11.6 Å². The topological polar surface area (TPSA) is 160 Å². The number of nitrogens with one attached hydrogen (secondary N) is 4. The molecule has 27 heavy (non-hydrogen) atoms. The van der Waals surface area contributed by atoms with E-state index in [0.29, 0.717) is 0 Å². The minimum Gasteiger partial charge on any atom is -0.393 e. The van der Waals surface area contributed by atoms with Crippen molar-refractivity contribution in [2.75, 3.05) is 16.6 Å². The van der Waals surface area contributed by atoms with Crippen LogP contribution in [0.15, 0.2) is 55.1 Å². The molecule has 0 aliphatic carbocycles. The van der Waals surface area contributed by atoms with E-state index in [0.717, 1.165) is 0 Å². The molecule has 0 radical (unpaired) electrons. The Bertz CT molecular complexity index is 861. The number of rotatable bonds is 6. The second-order valence-corrected chi connectivity index (χ2v) is 5.07. The first-order valence-electron chi connectivity index (χ1n) is 7.70. The molecule has 6 N–H and O–H groups in total. The Labute approximate surface area is 153 Å². The third kappa shape index (κ3) is 4.42. The first-order chi connectivity index (χ1) is 13.1. The van der Waals surface area contributed by atoms with Crippen LogP contribution in [0.1, 0.15) is 21.0 Å². The highest BCUT2D eigenvalue weighted by molar-refractivity contribution is 5.94. The van der Waals surface area contributed by atoms with Crippen molar-refractivity contribution in [1.29, 1.82) is 0 Å². The number of aromatic nitrogens is 4. The number of hydrogen-bond acceptors (Lipinski definition) is 9. The first kappa shape index (κ1) is 17.5. The van der Waals surface area contributed by atoms with Crippen molar-refractivity contribution in [3.8, 4) is 0 Å². The Kier molecular flexibility index (Phi) is 5.33. The fraction of sp³-hybridized carbons (Fsp3) is 0. The van der Waals surface area contributed by atoms with Gasteiger partial charge in [0.25, 0.3) is 11.8 Å². The zero-order valence-electron chi connectivity index (χ0n) is 13.9. The molecule has 3 rings (SSSR count). The molecular weight excluding hydrogens is 350 g/mol. The van der Waals surface area contributed by atoms with Crippen LogP contribution in [0.3, 0.4) is 0 Å². The SMILES string of the molecule is Nc1c(NNC(=O)c2ccccn2)ncnc1NNC(=O)c1ccccn1. The number of pyridine rings is 2. The molecule has 0 aliphatic rings. The van der Waals surface area contributed by atoms with Crippen LogP contribution in [0, 0.1) is 0 Å². The van der Waals surface area contributed by atoms with E-state index >= 15 is 0 Å². The minimum absolute atomic E-state index is 0.0835. The quantitative estimate of drug-likeness (QED) is 0.389. The summed E-state index contributed by atoms with van der Waals surface area (Å²) in [6.07, 6.45) is 4.21. The third-order valence-electron chi connectivity index (χ3n) is 3.27. The summed E-state index contributed by atoms with van der Waals surface area (Å²) in [6.45, 7) is 0. The summed E-state index contributed by atoms with van der Waals surface area (Å²) in [5.74, 6) is -0.647. The van der Waals surface area contributed by atoms with Gasteiger partial charge in [-0.15, -0.1) is 0 Å². The summed E-state index contributed by atoms with van der Waals surface area (Å²) in [6, 6.07) is 9.88. The van der Waals surface area contributed by atoms with Gasteiger partial charge in [0.2, 0.25) is 0 Å². The number of nitrogen functional groups attached to an aromatic ring is 1. The number of nitrogens with two attached hydrogens (primary N) is 1. The molecule has 11 heteroatoms. The van der Waals surface area contributed by atoms with Crippen LogP contribution in [-0.4, -0.2) is 31.8 Å². The Hall–Kier alpha value is -4.28. The maximum Gasteiger partial charge on any atom is 0.288 e. The molecule has 11 nitrogen and oxygen atoms in total. The number of anilines is 3. The molecule has 3 heterocycles. The van der Waals surface area contributed by atoms with E-state index < -0.39 is 11.8 Å². The molecule has 0 aromatic carbocycles. The van der Waals surface area contributed by atoms with Crippen molar-refractivity contribution in [1.82, 2.24) is 30.8 Å². The predicted molar refractivity (Wildman–Crippen MR) is 97.1 cm³/mol. The summed E-state index contributed by atoms with van der Waals surface area (Å²) >= 11 is 0. The highest BCUT2D eigenvalue weighted by atomic mass is 16.2. The van der Waals surface area contributed by atoms with Gasteiger partial charge in [-0.2, -0.15) is 0 Å². The molecule has 136 valence electrons. The van der Waals surface area contributed by atoms with Gasteiger partial charge in [-0.25, -0.2) is 9.97 Å². The molecule has 0 bridgehead atoms. The van der Waals surface area contributed by atoms with Crippen LogP contribution in [0.5, 0.6) is 0 Å². The standard InChI is InChI=1S/C16H15N9O2/c17-12-13(22-24-15(26)10-5-1-3-7-18-10)20-9-21-14(12)23-25-16(27)11-6-2-4-8-19-11/h1-9H,17H2,(H,24,26)(H,25,27)(H2,20,21,22,23). The van der Waals surface area contributed by atoms with Gasteiger partial charge in [0.1, 0.15) is 23.4 Å². The zero-order chi connectivity index (χ0) is 19.1. The van der Waals surface area contributed by atoms with E-state index in [1.807, 2.05) is 0 Å². The van der Waals surface area contributed by atoms with Crippen LogP contribution in [0.25, 0.3) is 0 Å². The van der Waals surface area contributed by atoms with Crippen LogP contribution in [-0.2, 0) is 0 Å². The van der Waals surface area contributed by atoms with Gasteiger partial charge >= 0.3 is 0 Å². The molecule has 0 unspecified atom stereocenters. The van der Waals surface area contributed by atoms with Crippen LogP contribution in [0.2, 0.25) is 0 Å². The molecule has 3 aromatic rings. The molecule has 0 fully saturated rings. The lowest BCUT2D eigenvalue weighted by atomic mass is 10.3. The van der Waals surface area contributed by atoms with Gasteiger partial charge in [0, 0.05) is 12.4 Å². The van der Waals surface area contributed by atoms with Crippen LogP contribution in [0.4, 0.5) is 17.3 Å². The number of carbonyl (C=O) groups is 2. The lowest BCUT2D eigenvalue weighted by molar-refractivity contribution is 0.0950. The highest BCUT2D eigenvalue weighted by Crippen LogP contribution is 2.20. The van der Waals surface area contributed by atoms with Crippen molar-refractivity contribution in [3.05, 3.63) is 66.5 Å². The maximum atomic E-state index is 12.0. The smallest absolute Gasteiger partial charge is 0.288 e. The molecule has 0 atom stereocenters. The lowest BCUT2D eigenvalue weighted by Gasteiger charge is -2.13. The number of amides is 2. The molecule has 3 aromatic heterocycles. The molecule has 0 aliphatic heterocycles. The van der Waals surface area contributed by atoms with Crippen molar-refractivity contribution in [2.24, 2.45) is 0 Å². The van der Waals surface area contributed by atoms with Crippen molar-refractivity contribution < 1.29 is 9.59 Å². The normalized spacial score (nSPS) is 9.93. The van der Waals surface area contributed by atoms with E-state index in [1.54, 1.807) is 36.4 Å². The van der Waals surface area contributed by atoms with E-state index in [4.69, 9.17) is 5.73 Å². The largest absolute Gasteiger partial charge is 0.393 e. The molecule has 0 spiro atoms. The Morgan fingerprint density at radius 2 is 1.22 bits per heavy atom. The van der Waals surface area contributed by atoms with E-state index in [9.17, 15) is 9.59 Å². The summed E-state index contributed by atoms with van der Waals surface area (Å²) in [5, 5.41) is 0. The van der Waals surface area contributed by atoms with Crippen molar-refractivity contribution >= 4 is 29.1 Å². The van der Waals surface area contributed by atoms with Gasteiger partial charge < -0.3 is 5.73 Å². The van der Waals surface area contributed by atoms with E-state index in [-0.39, 0.29) is 28.7 Å². The summed E-state index contributed by atoms with van der Waals surface area (Å²) in [4.78, 5) is 39.7. The summed E-state index contributed by atoms with van der Waals surface area (Å²) < 4.78 is 0. The molecular formula is C16H15N9O2. The third-order valence-corrected chi connectivity index (χ3v) is 3.27. The van der Waals surface area contributed by atoms with E-state index in [1.165, 1.54) is 18.7 Å². The van der Waals surface area contributed by atoms with Gasteiger partial charge in [-0.3, -0.25) is 41.3 Å². The summed E-state index contributed by atoms with van der Waals surface area (Å²) in [7, 11) is 0. The molecule has 0 saturated heterocycles.